The molecule has 2 heteroatoms. The van der Waals surface area contributed by atoms with Crippen LogP contribution in [-0.2, 0) is 10.6 Å². The van der Waals surface area contributed by atoms with Gasteiger partial charge < -0.3 is 0 Å². The van der Waals surface area contributed by atoms with Crippen LogP contribution in [0, 0.1) is 0 Å². The Labute approximate surface area is 107 Å². The third-order valence-electron chi connectivity index (χ3n) is 2.34. The monoisotopic (exact) mass is 342 g/mol. The first-order chi connectivity index (χ1) is 7.84. The molecule has 0 fully saturated rings. The minimum atomic E-state index is -0.645. The van der Waals surface area contributed by atoms with Gasteiger partial charge in [0.1, 0.15) is 0 Å². The standard InChI is InChI=1S/C14H14Se2/c15-16(11-13-7-3-1-4-8-13)12-14-9-5-2-6-10-14/h1-10H,11-12H2. The van der Waals surface area contributed by atoms with Crippen molar-refractivity contribution in [3.05, 3.63) is 71.8 Å². The molecule has 0 nitrogen and oxygen atoms in total. The summed E-state index contributed by atoms with van der Waals surface area (Å²) in [6.45, 7) is 0. The summed E-state index contributed by atoms with van der Waals surface area (Å²) in [4.78, 5) is 0. The molecule has 2 rings (SSSR count). The molecule has 0 aliphatic carbocycles. The summed E-state index contributed by atoms with van der Waals surface area (Å²) in [7, 11) is 0. The fourth-order valence-corrected chi connectivity index (χ4v) is 7.12. The third-order valence-corrected chi connectivity index (χ3v) is 7.66. The van der Waals surface area contributed by atoms with Crippen molar-refractivity contribution >= 4 is 25.2 Å². The van der Waals surface area contributed by atoms with Gasteiger partial charge in [0.15, 0.2) is 0 Å². The molecule has 16 heavy (non-hydrogen) atoms. The van der Waals surface area contributed by atoms with Crippen molar-refractivity contribution in [3.63, 3.8) is 0 Å². The van der Waals surface area contributed by atoms with Gasteiger partial charge >= 0.3 is 108 Å². The molecule has 82 valence electrons. The number of rotatable bonds is 4. The molecule has 0 radical (unpaired) electrons. The Balaban J connectivity index is 1.95. The van der Waals surface area contributed by atoms with E-state index in [0.717, 1.165) is 0 Å². The molecule has 0 unspecified atom stereocenters. The molecular formula is C14H14Se2. The average molecular weight is 340 g/mol. The van der Waals surface area contributed by atoms with Crippen LogP contribution in [0.4, 0.5) is 0 Å². The van der Waals surface area contributed by atoms with Gasteiger partial charge in [-0.15, -0.1) is 0 Å². The Hall–Kier alpha value is -0.521. The number of hydrogen-bond acceptors (Lipinski definition) is 0. The number of hydrogen-bond donors (Lipinski definition) is 0. The van der Waals surface area contributed by atoms with Crippen molar-refractivity contribution in [2.45, 2.75) is 10.6 Å². The predicted molar refractivity (Wildman–Crippen MR) is 71.8 cm³/mol. The first kappa shape index (κ1) is 11.9. The maximum atomic E-state index is 3.40. The topological polar surface area (TPSA) is 0 Å². The van der Waals surface area contributed by atoms with E-state index < -0.39 is 11.5 Å². The van der Waals surface area contributed by atoms with Crippen LogP contribution in [0.15, 0.2) is 60.7 Å². The van der Waals surface area contributed by atoms with E-state index in [2.05, 4.69) is 74.3 Å². The summed E-state index contributed by atoms with van der Waals surface area (Å²) in [6, 6.07) is 21.5. The summed E-state index contributed by atoms with van der Waals surface area (Å²) in [5, 5.41) is 2.46. The summed E-state index contributed by atoms with van der Waals surface area (Å²) in [5.74, 6) is 0. The van der Waals surface area contributed by atoms with Gasteiger partial charge in [0.05, 0.1) is 0 Å². The SMILES string of the molecule is [Se]=[Se](Cc1ccccc1)Cc1ccccc1. The average Bonchev–Trinajstić information content (AvgIpc) is 2.31. The van der Waals surface area contributed by atoms with Gasteiger partial charge in [-0.25, -0.2) is 0 Å². The molecular weight excluding hydrogens is 326 g/mol. The fourth-order valence-electron chi connectivity index (χ4n) is 1.57. The van der Waals surface area contributed by atoms with E-state index in [4.69, 9.17) is 0 Å². The van der Waals surface area contributed by atoms with E-state index >= 15 is 0 Å². The molecule has 0 aliphatic heterocycles. The van der Waals surface area contributed by atoms with Crippen molar-refractivity contribution < 1.29 is 0 Å². The van der Waals surface area contributed by atoms with Gasteiger partial charge in [0, 0.05) is 0 Å². The Bertz CT molecular complexity index is 405. The Morgan fingerprint density at radius 2 is 1.06 bits per heavy atom. The summed E-state index contributed by atoms with van der Waals surface area (Å²) in [5.41, 5.74) is 2.92. The molecule has 0 bridgehead atoms. The van der Waals surface area contributed by atoms with Gasteiger partial charge in [-0.3, -0.25) is 0 Å². The van der Waals surface area contributed by atoms with Gasteiger partial charge in [-0.2, -0.15) is 0 Å². The van der Waals surface area contributed by atoms with E-state index in [-0.39, 0.29) is 0 Å². The molecule has 0 amide bonds. The number of benzene rings is 2. The van der Waals surface area contributed by atoms with E-state index in [1.165, 1.54) is 21.8 Å². The van der Waals surface area contributed by atoms with E-state index in [1.807, 2.05) is 0 Å². The molecule has 0 aliphatic rings. The maximum absolute atomic E-state index is 3.40. The first-order valence-electron chi connectivity index (χ1n) is 5.27. The van der Waals surface area contributed by atoms with Crippen LogP contribution in [0.2, 0.25) is 0 Å². The van der Waals surface area contributed by atoms with Crippen molar-refractivity contribution in [2.75, 3.05) is 0 Å². The molecule has 2 aromatic rings. The van der Waals surface area contributed by atoms with Crippen molar-refractivity contribution in [2.24, 2.45) is 0 Å². The van der Waals surface area contributed by atoms with Crippen molar-refractivity contribution in [3.8, 4) is 0 Å². The molecule has 0 N–H and O–H groups in total. The first-order valence-corrected chi connectivity index (χ1v) is 12.0. The van der Waals surface area contributed by atoms with Crippen LogP contribution in [-0.4, -0.2) is 25.2 Å². The van der Waals surface area contributed by atoms with Crippen LogP contribution >= 0.6 is 0 Å². The molecule has 0 aromatic heterocycles. The van der Waals surface area contributed by atoms with E-state index in [0.29, 0.717) is 0 Å². The second-order valence-corrected chi connectivity index (χ2v) is 11.9. The second kappa shape index (κ2) is 6.27. The van der Waals surface area contributed by atoms with Gasteiger partial charge in [-0.1, -0.05) is 0 Å². The molecule has 0 atom stereocenters. The Kier molecular flexibility index (Phi) is 4.68. The van der Waals surface area contributed by atoms with Crippen LogP contribution in [0.25, 0.3) is 0 Å². The zero-order valence-corrected chi connectivity index (χ0v) is 12.4. The zero-order chi connectivity index (χ0) is 11.2. The molecule has 2 aromatic carbocycles. The second-order valence-electron chi connectivity index (χ2n) is 3.70. The van der Waals surface area contributed by atoms with Crippen molar-refractivity contribution in [1.82, 2.24) is 0 Å². The van der Waals surface area contributed by atoms with Gasteiger partial charge in [0.25, 0.3) is 0 Å². The zero-order valence-electron chi connectivity index (χ0n) is 9.00. The van der Waals surface area contributed by atoms with Crippen molar-refractivity contribution in [1.29, 1.82) is 0 Å². The molecule has 0 heterocycles. The normalized spacial score (nSPS) is 10.6. The summed E-state index contributed by atoms with van der Waals surface area (Å²) in [6.07, 6.45) is 0. The van der Waals surface area contributed by atoms with Crippen LogP contribution in [0.5, 0.6) is 0 Å². The van der Waals surface area contributed by atoms with Crippen LogP contribution < -0.4 is 0 Å². The summed E-state index contributed by atoms with van der Waals surface area (Å²) < 4.78 is 0. The third kappa shape index (κ3) is 3.81. The quantitative estimate of drug-likeness (QED) is 0.751. The van der Waals surface area contributed by atoms with E-state index in [9.17, 15) is 0 Å². The van der Waals surface area contributed by atoms with Gasteiger partial charge in [0.2, 0.25) is 0 Å². The Morgan fingerprint density at radius 1 is 0.688 bits per heavy atom. The van der Waals surface area contributed by atoms with Gasteiger partial charge in [-0.05, 0) is 0 Å². The summed E-state index contributed by atoms with van der Waals surface area (Å²) >= 11 is 2.75. The van der Waals surface area contributed by atoms with E-state index in [1.54, 1.807) is 0 Å². The Morgan fingerprint density at radius 3 is 1.44 bits per heavy atom. The minimum absolute atomic E-state index is 0.645. The molecule has 0 spiro atoms. The fraction of sp³-hybridized carbons (Fsp3) is 0.143. The predicted octanol–water partition coefficient (Wildman–Crippen LogP) is 2.71. The van der Waals surface area contributed by atoms with Crippen LogP contribution in [0.1, 0.15) is 11.1 Å². The van der Waals surface area contributed by atoms with Crippen LogP contribution in [0.3, 0.4) is 0 Å². The molecule has 0 saturated carbocycles. The molecule has 0 saturated heterocycles.